The van der Waals surface area contributed by atoms with Gasteiger partial charge in [-0.25, -0.2) is 0 Å². The molecule has 2 N–H and O–H groups in total. The lowest BCUT2D eigenvalue weighted by Gasteiger charge is -2.31. The maximum absolute atomic E-state index is 12.5. The second-order valence-corrected chi connectivity index (χ2v) is 7.58. The number of nitrogens with one attached hydrogen (secondary N) is 1. The van der Waals surface area contributed by atoms with E-state index in [0.717, 1.165) is 37.7 Å². The Hall–Kier alpha value is -2.93. The van der Waals surface area contributed by atoms with E-state index in [0.29, 0.717) is 31.1 Å². The van der Waals surface area contributed by atoms with Crippen molar-refractivity contribution in [2.45, 2.75) is 38.7 Å². The number of carbonyl (C=O) groups is 2. The Morgan fingerprint density at radius 2 is 2.10 bits per heavy atom. The van der Waals surface area contributed by atoms with Gasteiger partial charge in [0.05, 0.1) is 12.9 Å². The summed E-state index contributed by atoms with van der Waals surface area (Å²) in [6.45, 7) is 1.90. The van der Waals surface area contributed by atoms with E-state index in [1.54, 1.807) is 24.5 Å². The molecule has 0 atom stereocenters. The molecule has 0 aliphatic carbocycles. The molecule has 1 aliphatic heterocycles. The summed E-state index contributed by atoms with van der Waals surface area (Å²) in [4.78, 5) is 30.2. The van der Waals surface area contributed by atoms with Crippen molar-refractivity contribution in [1.29, 1.82) is 0 Å². The quantitative estimate of drug-likeness (QED) is 0.488. The average molecular weight is 412 g/mol. The molecule has 3 rings (SSSR count). The number of nitrogens with zero attached hydrogens (tertiary/aromatic N) is 2. The van der Waals surface area contributed by atoms with Gasteiger partial charge in [0, 0.05) is 43.7 Å². The highest BCUT2D eigenvalue weighted by Crippen LogP contribution is 2.24. The van der Waals surface area contributed by atoms with Crippen LogP contribution in [0.15, 0.2) is 47.3 Å². The molecule has 0 bridgehead atoms. The molecule has 7 nitrogen and oxygen atoms in total. The molecule has 2 aromatic heterocycles. The average Bonchev–Trinajstić information content (AvgIpc) is 3.27. The number of carbonyl (C=O) groups excluding carboxylic acids is 2. The molecule has 1 saturated heterocycles. The standard InChI is InChI=1S/C23H29N3O4/c27-17-20-10-15-30-22(20)23(29)26-13-8-18(9-14-26)4-1-2-12-25-21(28)7-6-19-5-3-11-24-16-19/h3,5-7,10-11,15-16,18,27H,1-2,4,8-9,12-14,17H2,(H,25,28)/b7-6+. The molecular weight excluding hydrogens is 382 g/mol. The Morgan fingerprint density at radius 3 is 2.83 bits per heavy atom. The van der Waals surface area contributed by atoms with Crippen LogP contribution in [0.2, 0.25) is 0 Å². The largest absolute Gasteiger partial charge is 0.459 e. The molecule has 1 aliphatic rings. The van der Waals surface area contributed by atoms with Gasteiger partial charge in [-0.15, -0.1) is 0 Å². The zero-order chi connectivity index (χ0) is 21.2. The van der Waals surface area contributed by atoms with E-state index in [4.69, 9.17) is 4.42 Å². The molecule has 0 spiro atoms. The first-order chi connectivity index (χ1) is 14.7. The van der Waals surface area contributed by atoms with Gasteiger partial charge in [-0.3, -0.25) is 14.6 Å². The van der Waals surface area contributed by atoms with E-state index < -0.39 is 0 Å². The lowest BCUT2D eigenvalue weighted by Crippen LogP contribution is -2.38. The van der Waals surface area contributed by atoms with Gasteiger partial charge in [0.25, 0.3) is 5.91 Å². The maximum Gasteiger partial charge on any atom is 0.289 e. The number of piperidine rings is 1. The summed E-state index contributed by atoms with van der Waals surface area (Å²) in [5, 5.41) is 12.2. The second-order valence-electron chi connectivity index (χ2n) is 7.58. The first-order valence-corrected chi connectivity index (χ1v) is 10.5. The highest BCUT2D eigenvalue weighted by molar-refractivity contribution is 5.93. The summed E-state index contributed by atoms with van der Waals surface area (Å²) >= 11 is 0. The number of unbranched alkanes of at least 4 members (excludes halogenated alkanes) is 1. The Bertz CT molecular complexity index is 839. The van der Waals surface area contributed by atoms with E-state index in [2.05, 4.69) is 10.3 Å². The number of likely N-dealkylation sites (tertiary alicyclic amines) is 1. The van der Waals surface area contributed by atoms with E-state index >= 15 is 0 Å². The van der Waals surface area contributed by atoms with Crippen molar-refractivity contribution in [2.75, 3.05) is 19.6 Å². The lowest BCUT2D eigenvalue weighted by atomic mass is 9.91. The number of hydrogen-bond donors (Lipinski definition) is 2. The van der Waals surface area contributed by atoms with Crippen LogP contribution in [0.3, 0.4) is 0 Å². The minimum absolute atomic E-state index is 0.0918. The minimum atomic E-state index is -0.191. The maximum atomic E-state index is 12.5. The number of aliphatic hydroxyl groups excluding tert-OH is 1. The third kappa shape index (κ3) is 6.29. The van der Waals surface area contributed by atoms with Crippen LogP contribution in [0.25, 0.3) is 6.08 Å². The van der Waals surface area contributed by atoms with Gasteiger partial charge in [-0.05, 0) is 49.0 Å². The molecule has 0 aromatic carbocycles. The fourth-order valence-corrected chi connectivity index (χ4v) is 3.69. The van der Waals surface area contributed by atoms with E-state index in [-0.39, 0.29) is 24.2 Å². The fourth-order valence-electron chi connectivity index (χ4n) is 3.69. The fraction of sp³-hybridized carbons (Fsp3) is 0.435. The SMILES string of the molecule is O=C(/C=C/c1cccnc1)NCCCCC1CCN(C(=O)c2occc2CO)CC1. The number of hydrogen-bond acceptors (Lipinski definition) is 5. The summed E-state index contributed by atoms with van der Waals surface area (Å²) in [6, 6.07) is 5.37. The van der Waals surface area contributed by atoms with Crippen LogP contribution in [-0.4, -0.2) is 46.4 Å². The third-order valence-electron chi connectivity index (χ3n) is 5.46. The normalized spacial score (nSPS) is 14.9. The van der Waals surface area contributed by atoms with Crippen LogP contribution in [-0.2, 0) is 11.4 Å². The molecule has 1 fully saturated rings. The van der Waals surface area contributed by atoms with Gasteiger partial charge in [-0.1, -0.05) is 18.9 Å². The second kappa shape index (κ2) is 11.3. The smallest absolute Gasteiger partial charge is 0.289 e. The van der Waals surface area contributed by atoms with Crippen molar-refractivity contribution in [3.05, 3.63) is 59.8 Å². The van der Waals surface area contributed by atoms with Gasteiger partial charge in [-0.2, -0.15) is 0 Å². The molecule has 160 valence electrons. The topological polar surface area (TPSA) is 95.7 Å². The molecule has 0 radical (unpaired) electrons. The number of rotatable bonds is 9. The van der Waals surface area contributed by atoms with Crippen molar-refractivity contribution in [1.82, 2.24) is 15.2 Å². The molecule has 30 heavy (non-hydrogen) atoms. The predicted octanol–water partition coefficient (Wildman–Crippen LogP) is 3.02. The van der Waals surface area contributed by atoms with Crippen molar-refractivity contribution in [3.63, 3.8) is 0 Å². The number of aliphatic hydroxyl groups is 1. The summed E-state index contributed by atoms with van der Waals surface area (Å²) < 4.78 is 5.26. The molecule has 0 saturated carbocycles. The summed E-state index contributed by atoms with van der Waals surface area (Å²) in [6.07, 6.45) is 13.2. The van der Waals surface area contributed by atoms with Crippen molar-refractivity contribution < 1.29 is 19.1 Å². The highest BCUT2D eigenvalue weighted by Gasteiger charge is 2.26. The van der Waals surface area contributed by atoms with Crippen molar-refractivity contribution in [2.24, 2.45) is 5.92 Å². The Kier molecular flexibility index (Phi) is 8.20. The highest BCUT2D eigenvalue weighted by atomic mass is 16.3. The zero-order valence-corrected chi connectivity index (χ0v) is 17.1. The van der Waals surface area contributed by atoms with Crippen LogP contribution >= 0.6 is 0 Å². The Morgan fingerprint density at radius 1 is 1.27 bits per heavy atom. The van der Waals surface area contributed by atoms with Gasteiger partial charge >= 0.3 is 0 Å². The molecule has 7 heteroatoms. The van der Waals surface area contributed by atoms with Crippen LogP contribution in [0.4, 0.5) is 0 Å². The van der Waals surface area contributed by atoms with Crippen molar-refractivity contribution in [3.8, 4) is 0 Å². The van der Waals surface area contributed by atoms with E-state index in [9.17, 15) is 14.7 Å². The summed E-state index contributed by atoms with van der Waals surface area (Å²) in [5.74, 6) is 0.629. The van der Waals surface area contributed by atoms with Gasteiger partial charge in [0.15, 0.2) is 5.76 Å². The summed E-state index contributed by atoms with van der Waals surface area (Å²) in [7, 11) is 0. The number of furan rings is 1. The first kappa shape index (κ1) is 21.8. The molecular formula is C23H29N3O4. The molecule has 2 aromatic rings. The van der Waals surface area contributed by atoms with Crippen LogP contribution < -0.4 is 5.32 Å². The Labute approximate surface area is 176 Å². The van der Waals surface area contributed by atoms with Gasteiger partial charge < -0.3 is 19.7 Å². The van der Waals surface area contributed by atoms with Crippen LogP contribution in [0, 0.1) is 5.92 Å². The lowest BCUT2D eigenvalue weighted by molar-refractivity contribution is -0.116. The minimum Gasteiger partial charge on any atom is -0.459 e. The number of amides is 2. The first-order valence-electron chi connectivity index (χ1n) is 10.5. The Balaban J connectivity index is 1.28. The molecule has 3 heterocycles. The van der Waals surface area contributed by atoms with Crippen molar-refractivity contribution >= 4 is 17.9 Å². The number of aromatic nitrogens is 1. The van der Waals surface area contributed by atoms with E-state index in [1.165, 1.54) is 12.3 Å². The predicted molar refractivity (Wildman–Crippen MR) is 113 cm³/mol. The molecule has 2 amide bonds. The monoisotopic (exact) mass is 411 g/mol. The van der Waals surface area contributed by atoms with E-state index in [1.807, 2.05) is 17.0 Å². The van der Waals surface area contributed by atoms with Crippen LogP contribution in [0.1, 0.15) is 53.8 Å². The molecule has 0 unspecified atom stereocenters. The van der Waals surface area contributed by atoms with Gasteiger partial charge in [0.1, 0.15) is 0 Å². The van der Waals surface area contributed by atoms with Crippen LogP contribution in [0.5, 0.6) is 0 Å². The van der Waals surface area contributed by atoms with Gasteiger partial charge in [0.2, 0.25) is 5.91 Å². The third-order valence-corrected chi connectivity index (χ3v) is 5.46. The summed E-state index contributed by atoms with van der Waals surface area (Å²) in [5.41, 5.74) is 1.44. The number of pyridine rings is 1. The zero-order valence-electron chi connectivity index (χ0n) is 17.1.